The number of aromatic nitrogens is 3. The highest BCUT2D eigenvalue weighted by atomic mass is 16.4. The smallest absolute Gasteiger partial charge is 0.307 e. The van der Waals surface area contributed by atoms with Gasteiger partial charge < -0.3 is 10.4 Å². The molecule has 0 atom stereocenters. The molecule has 0 saturated heterocycles. The van der Waals surface area contributed by atoms with E-state index in [4.69, 9.17) is 5.11 Å². The van der Waals surface area contributed by atoms with Crippen molar-refractivity contribution in [1.29, 1.82) is 0 Å². The van der Waals surface area contributed by atoms with Gasteiger partial charge in [-0.25, -0.2) is 9.67 Å². The molecule has 0 spiro atoms. The molecule has 0 radical (unpaired) electrons. The van der Waals surface area contributed by atoms with Gasteiger partial charge in [0.1, 0.15) is 19.2 Å². The standard InChI is InChI=1S/C12H12N4O3/c17-11(6-16-8-13-7-14-16)15-10-3-1-9(2-4-10)5-12(18)19/h1-4,7-8H,5-6H2,(H,15,17)(H,18,19). The van der Waals surface area contributed by atoms with Gasteiger partial charge in [0.05, 0.1) is 6.42 Å². The zero-order chi connectivity index (χ0) is 13.7. The zero-order valence-electron chi connectivity index (χ0n) is 9.98. The minimum Gasteiger partial charge on any atom is -0.481 e. The van der Waals surface area contributed by atoms with Crippen LogP contribution in [-0.2, 0) is 22.6 Å². The average molecular weight is 260 g/mol. The maximum atomic E-state index is 11.6. The molecule has 0 unspecified atom stereocenters. The number of carbonyl (C=O) groups excluding carboxylic acids is 1. The Morgan fingerprint density at radius 1 is 1.26 bits per heavy atom. The van der Waals surface area contributed by atoms with Crippen LogP contribution in [0, 0.1) is 0 Å². The van der Waals surface area contributed by atoms with Crippen molar-refractivity contribution in [1.82, 2.24) is 14.8 Å². The second-order valence-corrected chi connectivity index (χ2v) is 3.91. The van der Waals surface area contributed by atoms with Crippen molar-refractivity contribution < 1.29 is 14.7 Å². The average Bonchev–Trinajstić information content (AvgIpc) is 2.83. The van der Waals surface area contributed by atoms with Crippen LogP contribution in [0.5, 0.6) is 0 Å². The topological polar surface area (TPSA) is 97.1 Å². The second-order valence-electron chi connectivity index (χ2n) is 3.91. The van der Waals surface area contributed by atoms with Crippen LogP contribution in [0.2, 0.25) is 0 Å². The Morgan fingerprint density at radius 3 is 2.58 bits per heavy atom. The molecule has 1 aromatic carbocycles. The SMILES string of the molecule is O=C(O)Cc1ccc(NC(=O)Cn2cncn2)cc1. The van der Waals surface area contributed by atoms with E-state index in [0.717, 1.165) is 0 Å². The molecule has 0 bridgehead atoms. The number of carboxylic acids is 1. The van der Waals surface area contributed by atoms with Crippen LogP contribution in [0.4, 0.5) is 5.69 Å². The van der Waals surface area contributed by atoms with E-state index in [2.05, 4.69) is 15.4 Å². The van der Waals surface area contributed by atoms with Crippen LogP contribution in [-0.4, -0.2) is 31.7 Å². The Kier molecular flexibility index (Phi) is 3.87. The predicted molar refractivity (Wildman–Crippen MR) is 66.4 cm³/mol. The summed E-state index contributed by atoms with van der Waals surface area (Å²) in [4.78, 5) is 25.9. The predicted octanol–water partition coefficient (Wildman–Crippen LogP) is 0.544. The van der Waals surface area contributed by atoms with E-state index in [1.165, 1.54) is 17.3 Å². The monoisotopic (exact) mass is 260 g/mol. The molecule has 0 aliphatic heterocycles. The number of carbonyl (C=O) groups is 2. The lowest BCUT2D eigenvalue weighted by Crippen LogP contribution is -2.19. The fourth-order valence-electron chi connectivity index (χ4n) is 1.54. The van der Waals surface area contributed by atoms with E-state index in [1.54, 1.807) is 24.3 Å². The fourth-order valence-corrected chi connectivity index (χ4v) is 1.54. The highest BCUT2D eigenvalue weighted by Gasteiger charge is 2.05. The van der Waals surface area contributed by atoms with Gasteiger partial charge in [-0.2, -0.15) is 5.10 Å². The van der Waals surface area contributed by atoms with Crippen molar-refractivity contribution in [2.45, 2.75) is 13.0 Å². The molecule has 0 aliphatic carbocycles. The summed E-state index contributed by atoms with van der Waals surface area (Å²) in [5, 5.41) is 15.1. The molecule has 1 heterocycles. The number of hydrogen-bond donors (Lipinski definition) is 2. The molecular weight excluding hydrogens is 248 g/mol. The van der Waals surface area contributed by atoms with Gasteiger partial charge in [0, 0.05) is 5.69 Å². The Labute approximate surface area is 108 Å². The fraction of sp³-hybridized carbons (Fsp3) is 0.167. The molecule has 0 fully saturated rings. The normalized spacial score (nSPS) is 10.1. The highest BCUT2D eigenvalue weighted by Crippen LogP contribution is 2.10. The van der Waals surface area contributed by atoms with E-state index in [0.29, 0.717) is 11.3 Å². The van der Waals surface area contributed by atoms with Gasteiger partial charge in [-0.3, -0.25) is 9.59 Å². The Bertz CT molecular complexity index is 563. The number of amides is 1. The largest absolute Gasteiger partial charge is 0.481 e. The number of nitrogens with zero attached hydrogens (tertiary/aromatic N) is 3. The molecule has 0 saturated carbocycles. The van der Waals surface area contributed by atoms with Crippen LogP contribution < -0.4 is 5.32 Å². The van der Waals surface area contributed by atoms with Crippen LogP contribution in [0.25, 0.3) is 0 Å². The highest BCUT2D eigenvalue weighted by molar-refractivity contribution is 5.90. The summed E-state index contributed by atoms with van der Waals surface area (Å²) < 4.78 is 1.41. The summed E-state index contributed by atoms with van der Waals surface area (Å²) >= 11 is 0. The summed E-state index contributed by atoms with van der Waals surface area (Å²) in [6.45, 7) is 0.0802. The van der Waals surface area contributed by atoms with Gasteiger partial charge in [-0.15, -0.1) is 0 Å². The third-order valence-corrected chi connectivity index (χ3v) is 2.37. The van der Waals surface area contributed by atoms with E-state index >= 15 is 0 Å². The number of benzene rings is 1. The van der Waals surface area contributed by atoms with Gasteiger partial charge in [-0.05, 0) is 17.7 Å². The number of rotatable bonds is 5. The lowest BCUT2D eigenvalue weighted by atomic mass is 10.1. The molecule has 0 aliphatic rings. The number of carboxylic acid groups (broad SMARTS) is 1. The Balaban J connectivity index is 1.92. The van der Waals surface area contributed by atoms with Gasteiger partial charge >= 0.3 is 5.97 Å². The van der Waals surface area contributed by atoms with Crippen molar-refractivity contribution in [2.24, 2.45) is 0 Å². The van der Waals surface area contributed by atoms with Gasteiger partial charge in [-0.1, -0.05) is 12.1 Å². The summed E-state index contributed by atoms with van der Waals surface area (Å²) in [5.74, 6) is -1.11. The summed E-state index contributed by atoms with van der Waals surface area (Å²) in [5.41, 5.74) is 1.29. The molecule has 98 valence electrons. The van der Waals surface area contributed by atoms with Crippen LogP contribution in [0.3, 0.4) is 0 Å². The third-order valence-electron chi connectivity index (χ3n) is 2.37. The van der Waals surface area contributed by atoms with E-state index in [9.17, 15) is 9.59 Å². The van der Waals surface area contributed by atoms with E-state index < -0.39 is 5.97 Å². The quantitative estimate of drug-likeness (QED) is 0.818. The van der Waals surface area contributed by atoms with Gasteiger partial charge in [0.25, 0.3) is 0 Å². The van der Waals surface area contributed by atoms with Gasteiger partial charge in [0.2, 0.25) is 5.91 Å². The third kappa shape index (κ3) is 3.91. The zero-order valence-corrected chi connectivity index (χ0v) is 9.98. The molecule has 19 heavy (non-hydrogen) atoms. The maximum absolute atomic E-state index is 11.6. The molecule has 2 rings (SSSR count). The first kappa shape index (κ1) is 12.7. The molecule has 1 amide bonds. The van der Waals surface area contributed by atoms with Crippen LogP contribution in [0.1, 0.15) is 5.56 Å². The number of aliphatic carboxylic acids is 1. The van der Waals surface area contributed by atoms with E-state index in [-0.39, 0.29) is 18.9 Å². The Hall–Kier alpha value is -2.70. The molecule has 1 aromatic heterocycles. The van der Waals surface area contributed by atoms with Crippen molar-refractivity contribution in [2.75, 3.05) is 5.32 Å². The Morgan fingerprint density at radius 2 is 2.00 bits per heavy atom. The minimum absolute atomic E-state index is 0.0345. The first-order valence-corrected chi connectivity index (χ1v) is 5.56. The van der Waals surface area contributed by atoms with Crippen molar-refractivity contribution >= 4 is 17.6 Å². The number of anilines is 1. The summed E-state index contributed by atoms with van der Waals surface area (Å²) in [6, 6.07) is 6.66. The van der Waals surface area contributed by atoms with Crippen LogP contribution in [0.15, 0.2) is 36.9 Å². The van der Waals surface area contributed by atoms with Crippen LogP contribution >= 0.6 is 0 Å². The van der Waals surface area contributed by atoms with Crippen molar-refractivity contribution in [3.63, 3.8) is 0 Å². The lowest BCUT2D eigenvalue weighted by molar-refractivity contribution is -0.136. The first-order chi connectivity index (χ1) is 9.13. The summed E-state index contributed by atoms with van der Waals surface area (Å²) in [7, 11) is 0. The lowest BCUT2D eigenvalue weighted by Gasteiger charge is -2.05. The van der Waals surface area contributed by atoms with Crippen molar-refractivity contribution in [3.05, 3.63) is 42.5 Å². The molecule has 2 aromatic rings. The molecule has 7 heteroatoms. The molecule has 7 nitrogen and oxygen atoms in total. The second kappa shape index (κ2) is 5.76. The first-order valence-electron chi connectivity index (χ1n) is 5.56. The maximum Gasteiger partial charge on any atom is 0.307 e. The number of nitrogens with one attached hydrogen (secondary N) is 1. The number of hydrogen-bond acceptors (Lipinski definition) is 4. The molecular formula is C12H12N4O3. The summed E-state index contributed by atoms with van der Waals surface area (Å²) in [6.07, 6.45) is 2.77. The minimum atomic E-state index is -0.886. The molecule has 2 N–H and O–H groups in total. The van der Waals surface area contributed by atoms with Crippen molar-refractivity contribution in [3.8, 4) is 0 Å². The van der Waals surface area contributed by atoms with Gasteiger partial charge in [0.15, 0.2) is 0 Å². The van der Waals surface area contributed by atoms with E-state index in [1.807, 2.05) is 0 Å².